The molecule has 216 valence electrons. The van der Waals surface area contributed by atoms with Gasteiger partial charge in [-0.25, -0.2) is 36.7 Å². The average Bonchev–Trinajstić information content (AvgIpc) is 3.63. The van der Waals surface area contributed by atoms with Gasteiger partial charge in [-0.05, 0) is 62.6 Å². The molecule has 1 N–H and O–H groups in total. The summed E-state index contributed by atoms with van der Waals surface area (Å²) in [7, 11) is -2.66. The summed E-state index contributed by atoms with van der Waals surface area (Å²) in [6.07, 6.45) is 6.35. The average molecular weight is 607 g/mol. The molecule has 0 aliphatic heterocycles. The molecule has 8 rings (SSSR count). The van der Waals surface area contributed by atoms with Crippen LogP contribution in [-0.4, -0.2) is 51.4 Å². The Kier molecular flexibility index (Phi) is 6.46. The third kappa shape index (κ3) is 4.33. The molecule has 10 nitrogen and oxygen atoms in total. The van der Waals surface area contributed by atoms with Crippen molar-refractivity contribution in [2.75, 3.05) is 12.4 Å². The smallest absolute Gasteiger partial charge is 0.311 e. The minimum absolute atomic E-state index is 0.0600. The first-order valence-corrected chi connectivity index (χ1v) is 16.0. The summed E-state index contributed by atoms with van der Waals surface area (Å²) in [6.45, 7) is 1.87. The van der Waals surface area contributed by atoms with Gasteiger partial charge in [-0.2, -0.15) is 0 Å². The fourth-order valence-corrected chi connectivity index (χ4v) is 8.49. The number of aromatic nitrogens is 5. The van der Waals surface area contributed by atoms with E-state index in [-0.39, 0.29) is 51.5 Å². The molecule has 4 aromatic heterocycles. The van der Waals surface area contributed by atoms with Crippen LogP contribution in [0.15, 0.2) is 53.1 Å². The number of aryl methyl sites for hydroxylation is 1. The van der Waals surface area contributed by atoms with E-state index < -0.39 is 15.8 Å². The summed E-state index contributed by atoms with van der Waals surface area (Å²) < 4.78 is 48.2. The van der Waals surface area contributed by atoms with E-state index in [0.717, 1.165) is 41.4 Å². The molecular formula is C29H27FN6O4S2. The number of esters is 1. The van der Waals surface area contributed by atoms with E-state index >= 15 is 0 Å². The largest absolute Gasteiger partial charge is 0.469 e. The molecular weight excluding hydrogens is 579 g/mol. The van der Waals surface area contributed by atoms with Crippen molar-refractivity contribution in [3.05, 3.63) is 59.6 Å². The topological polar surface area (TPSA) is 129 Å². The lowest BCUT2D eigenvalue weighted by Crippen LogP contribution is -2.51. The summed E-state index contributed by atoms with van der Waals surface area (Å²) >= 11 is 1.31. The number of nitrogens with zero attached hydrogens (tertiary/aromatic N) is 5. The molecule has 0 spiro atoms. The minimum atomic E-state index is -4.07. The fraction of sp³-hybridized carbons (Fsp3) is 0.345. The lowest BCUT2D eigenvalue weighted by molar-refractivity contribution is -0.152. The number of halogens is 1. The molecule has 3 aliphatic carbocycles. The second-order valence-corrected chi connectivity index (χ2v) is 13.6. The van der Waals surface area contributed by atoms with Crippen molar-refractivity contribution in [1.29, 1.82) is 0 Å². The van der Waals surface area contributed by atoms with Crippen LogP contribution in [0.2, 0.25) is 0 Å². The Morgan fingerprint density at radius 2 is 1.83 bits per heavy atom. The maximum atomic E-state index is 14.5. The van der Waals surface area contributed by atoms with E-state index in [2.05, 4.69) is 15.3 Å². The number of ether oxygens (including phenoxy) is 1. The molecule has 0 amide bonds. The molecule has 3 saturated carbocycles. The highest BCUT2D eigenvalue weighted by atomic mass is 32.2. The Hall–Kier alpha value is -3.97. The molecule has 3 aliphatic rings. The van der Waals surface area contributed by atoms with Crippen molar-refractivity contribution in [2.24, 2.45) is 17.8 Å². The number of anilines is 1. The van der Waals surface area contributed by atoms with E-state index in [9.17, 15) is 17.6 Å². The monoisotopic (exact) mass is 606 g/mol. The summed E-state index contributed by atoms with van der Waals surface area (Å²) in [5, 5.41) is 3.78. The molecule has 2 bridgehead atoms. The number of nitrogens with one attached hydrogen (secondary N) is 1. The second kappa shape index (κ2) is 10.1. The quantitative estimate of drug-likeness (QED) is 0.260. The number of hydrogen-bond acceptors (Lipinski definition) is 10. The fourth-order valence-electron chi connectivity index (χ4n) is 6.51. The van der Waals surface area contributed by atoms with Crippen LogP contribution in [0.5, 0.6) is 0 Å². The number of rotatable bonds is 6. The molecule has 42 heavy (non-hydrogen) atoms. The number of fused-ring (bicyclic) bond motifs is 5. The summed E-state index contributed by atoms with van der Waals surface area (Å²) in [5.74, 6) is -0.0385. The van der Waals surface area contributed by atoms with Gasteiger partial charge in [-0.15, -0.1) is 11.3 Å². The van der Waals surface area contributed by atoms with Crippen molar-refractivity contribution in [3.63, 3.8) is 0 Å². The van der Waals surface area contributed by atoms with E-state index in [1.165, 1.54) is 42.8 Å². The van der Waals surface area contributed by atoms with Crippen LogP contribution in [0.1, 0.15) is 31.2 Å². The van der Waals surface area contributed by atoms with Crippen molar-refractivity contribution >= 4 is 54.5 Å². The summed E-state index contributed by atoms with van der Waals surface area (Å²) in [6, 6.07) is 7.52. The summed E-state index contributed by atoms with van der Waals surface area (Å²) in [5.41, 5.74) is 3.49. The van der Waals surface area contributed by atoms with Gasteiger partial charge in [0.05, 0.1) is 29.6 Å². The van der Waals surface area contributed by atoms with Gasteiger partial charge in [0.1, 0.15) is 16.2 Å². The molecule has 0 saturated heterocycles. The van der Waals surface area contributed by atoms with Crippen molar-refractivity contribution < 1.29 is 22.3 Å². The van der Waals surface area contributed by atoms with Gasteiger partial charge in [0.15, 0.2) is 17.3 Å². The maximum absolute atomic E-state index is 14.5. The molecule has 1 aromatic carbocycles. The van der Waals surface area contributed by atoms with Gasteiger partial charge in [-0.3, -0.25) is 4.79 Å². The first kappa shape index (κ1) is 26.9. The number of hydrogen-bond donors (Lipinski definition) is 1. The molecule has 2 unspecified atom stereocenters. The van der Waals surface area contributed by atoms with E-state index in [0.29, 0.717) is 21.7 Å². The van der Waals surface area contributed by atoms with Crippen molar-refractivity contribution in [1.82, 2.24) is 23.9 Å². The van der Waals surface area contributed by atoms with Gasteiger partial charge in [0, 0.05) is 23.2 Å². The number of carbonyl (C=O) groups is 1. The summed E-state index contributed by atoms with van der Waals surface area (Å²) in [4.78, 5) is 31.6. The van der Waals surface area contributed by atoms with Crippen LogP contribution in [0.4, 0.5) is 10.2 Å². The Morgan fingerprint density at radius 3 is 2.57 bits per heavy atom. The number of benzene rings is 1. The van der Waals surface area contributed by atoms with Crippen LogP contribution in [0, 0.1) is 30.5 Å². The van der Waals surface area contributed by atoms with Gasteiger partial charge in [-0.1, -0.05) is 17.7 Å². The van der Waals surface area contributed by atoms with E-state index in [4.69, 9.17) is 14.7 Å². The van der Waals surface area contributed by atoms with Gasteiger partial charge < -0.3 is 10.1 Å². The standard InChI is InChI=1S/C29H27FN6O4S2/c1-15-3-9-19(10-4-15)42(38,39)36-13-21(20-11-18(30)12-31-27(20)36)25-34-26(24-28(35-25)41-14-32-24)33-23-17-7-5-16(6-8-17)22(23)29(37)40-2/h3-4,9-14,16-17,22-23H,5-8H2,1-2H3,(H,33,34,35). The number of pyridine rings is 1. The zero-order valence-electron chi connectivity index (χ0n) is 22.8. The first-order valence-electron chi connectivity index (χ1n) is 13.7. The highest BCUT2D eigenvalue weighted by molar-refractivity contribution is 7.90. The Labute approximate surface area is 245 Å². The predicted molar refractivity (Wildman–Crippen MR) is 156 cm³/mol. The molecule has 4 heterocycles. The van der Waals surface area contributed by atoms with Gasteiger partial charge in [0.2, 0.25) is 0 Å². The maximum Gasteiger partial charge on any atom is 0.311 e. The normalized spacial score (nSPS) is 22.1. The van der Waals surface area contributed by atoms with Crippen LogP contribution in [-0.2, 0) is 19.6 Å². The minimum Gasteiger partial charge on any atom is -0.469 e. The first-order chi connectivity index (χ1) is 20.2. The number of thiazole rings is 1. The lowest BCUT2D eigenvalue weighted by Gasteiger charge is -2.47. The zero-order valence-corrected chi connectivity index (χ0v) is 24.5. The van der Waals surface area contributed by atoms with Crippen LogP contribution in [0.25, 0.3) is 32.8 Å². The SMILES string of the molecule is COC(=O)C1C2CCC(CC2)C1Nc1nc(-c2cn(S(=O)(=O)c3ccc(C)cc3)c3ncc(F)cc23)nc2scnc12. The Bertz CT molecular complexity index is 1950. The molecule has 5 aromatic rings. The molecule has 13 heteroatoms. The van der Waals surface area contributed by atoms with Crippen LogP contribution in [0.3, 0.4) is 0 Å². The third-order valence-electron chi connectivity index (χ3n) is 8.59. The predicted octanol–water partition coefficient (Wildman–Crippen LogP) is 5.18. The van der Waals surface area contributed by atoms with Crippen molar-refractivity contribution in [2.45, 2.75) is 43.5 Å². The molecule has 3 fully saturated rings. The third-order valence-corrected chi connectivity index (χ3v) is 11.0. The van der Waals surface area contributed by atoms with Crippen molar-refractivity contribution in [3.8, 4) is 11.4 Å². The Morgan fingerprint density at radius 1 is 1.10 bits per heavy atom. The van der Waals surface area contributed by atoms with Crippen LogP contribution < -0.4 is 5.32 Å². The zero-order chi connectivity index (χ0) is 29.2. The van der Waals surface area contributed by atoms with Gasteiger partial charge in [0.25, 0.3) is 10.0 Å². The Balaban J connectivity index is 1.37. The van der Waals surface area contributed by atoms with Crippen LogP contribution >= 0.6 is 11.3 Å². The number of carbonyl (C=O) groups excluding carboxylic acids is 1. The van der Waals surface area contributed by atoms with E-state index in [1.807, 2.05) is 6.92 Å². The van der Waals surface area contributed by atoms with E-state index in [1.54, 1.807) is 17.6 Å². The molecule has 2 atom stereocenters. The second-order valence-electron chi connectivity index (χ2n) is 11.0. The highest BCUT2D eigenvalue weighted by Gasteiger charge is 2.48. The highest BCUT2D eigenvalue weighted by Crippen LogP contribution is 2.47. The molecule has 0 radical (unpaired) electrons. The lowest BCUT2D eigenvalue weighted by atomic mass is 9.61. The number of methoxy groups -OCH3 is 1. The van der Waals surface area contributed by atoms with Gasteiger partial charge >= 0.3 is 5.97 Å².